The van der Waals surface area contributed by atoms with E-state index in [2.05, 4.69) is 23.9 Å². The second kappa shape index (κ2) is 7.92. The van der Waals surface area contributed by atoms with Crippen LogP contribution in [0, 0.1) is 0 Å². The second-order valence-electron chi connectivity index (χ2n) is 4.87. The lowest BCUT2D eigenvalue weighted by Gasteiger charge is -2.13. The fourth-order valence-electron chi connectivity index (χ4n) is 1.75. The quantitative estimate of drug-likeness (QED) is 0.585. The van der Waals surface area contributed by atoms with Crippen LogP contribution >= 0.6 is 0 Å². The Kier molecular flexibility index (Phi) is 6.53. The molecule has 0 aliphatic carbocycles. The Hall–Kier alpha value is -1.39. The third-order valence-electron chi connectivity index (χ3n) is 3.06. The number of esters is 1. The average Bonchev–Trinajstić information content (AvgIpc) is 2.43. The van der Waals surface area contributed by atoms with Crippen molar-refractivity contribution in [3.63, 3.8) is 0 Å². The van der Waals surface area contributed by atoms with Crippen molar-refractivity contribution in [2.24, 2.45) is 0 Å². The Balaban J connectivity index is 2.36. The van der Waals surface area contributed by atoms with E-state index in [1.165, 1.54) is 12.7 Å². The fourth-order valence-corrected chi connectivity index (χ4v) is 1.75. The lowest BCUT2D eigenvalue weighted by atomic mass is 10.00. The monoisotopic (exact) mass is 265 g/mol. The molecular formula is C15H23NO3. The Morgan fingerprint density at radius 3 is 2.37 bits per heavy atom. The van der Waals surface area contributed by atoms with Crippen LogP contribution in [0.15, 0.2) is 24.3 Å². The zero-order valence-electron chi connectivity index (χ0n) is 11.8. The van der Waals surface area contributed by atoms with Crippen molar-refractivity contribution in [2.75, 3.05) is 20.2 Å². The molecule has 1 atom stereocenters. The summed E-state index contributed by atoms with van der Waals surface area (Å²) in [6.45, 7) is 5.21. The van der Waals surface area contributed by atoms with Gasteiger partial charge in [-0.25, -0.2) is 0 Å². The normalized spacial score (nSPS) is 12.5. The van der Waals surface area contributed by atoms with Gasteiger partial charge in [-0.1, -0.05) is 38.1 Å². The molecule has 0 saturated heterocycles. The molecule has 0 radical (unpaired) electrons. The molecule has 0 aromatic heterocycles. The van der Waals surface area contributed by atoms with Gasteiger partial charge in [-0.15, -0.1) is 0 Å². The number of nitrogens with one attached hydrogen (secondary N) is 1. The SMILES string of the molecule is COC(=O)CCNCC(O)c1ccc(C(C)C)cc1. The maximum atomic E-state index is 10.9. The molecule has 19 heavy (non-hydrogen) atoms. The van der Waals surface area contributed by atoms with E-state index in [0.717, 1.165) is 5.56 Å². The first-order valence-corrected chi connectivity index (χ1v) is 6.60. The molecule has 0 spiro atoms. The molecule has 4 nitrogen and oxygen atoms in total. The van der Waals surface area contributed by atoms with Gasteiger partial charge in [0.15, 0.2) is 0 Å². The van der Waals surface area contributed by atoms with Crippen molar-refractivity contribution in [1.82, 2.24) is 5.32 Å². The fraction of sp³-hybridized carbons (Fsp3) is 0.533. The van der Waals surface area contributed by atoms with E-state index in [-0.39, 0.29) is 5.97 Å². The molecule has 4 heteroatoms. The van der Waals surface area contributed by atoms with E-state index >= 15 is 0 Å². The summed E-state index contributed by atoms with van der Waals surface area (Å²) in [6, 6.07) is 7.97. The molecule has 0 aliphatic rings. The number of benzene rings is 1. The minimum absolute atomic E-state index is 0.247. The first-order chi connectivity index (χ1) is 9.04. The van der Waals surface area contributed by atoms with Crippen LogP contribution in [0.3, 0.4) is 0 Å². The minimum Gasteiger partial charge on any atom is -0.469 e. The standard InChI is InChI=1S/C15H23NO3/c1-11(2)12-4-6-13(7-5-12)14(17)10-16-9-8-15(18)19-3/h4-7,11,14,16-17H,8-10H2,1-3H3. The zero-order chi connectivity index (χ0) is 14.3. The second-order valence-corrected chi connectivity index (χ2v) is 4.87. The topological polar surface area (TPSA) is 58.6 Å². The van der Waals surface area contributed by atoms with Gasteiger partial charge in [0, 0.05) is 13.1 Å². The number of carbonyl (C=O) groups excluding carboxylic acids is 1. The number of hydrogen-bond donors (Lipinski definition) is 2. The number of rotatable bonds is 7. The third-order valence-corrected chi connectivity index (χ3v) is 3.06. The highest BCUT2D eigenvalue weighted by molar-refractivity contribution is 5.69. The van der Waals surface area contributed by atoms with E-state index in [0.29, 0.717) is 25.4 Å². The van der Waals surface area contributed by atoms with E-state index in [1.807, 2.05) is 24.3 Å². The van der Waals surface area contributed by atoms with Gasteiger partial charge < -0.3 is 15.2 Å². The number of carbonyl (C=O) groups is 1. The smallest absolute Gasteiger partial charge is 0.306 e. The number of ether oxygens (including phenoxy) is 1. The molecule has 2 N–H and O–H groups in total. The predicted molar refractivity (Wildman–Crippen MR) is 75.0 cm³/mol. The average molecular weight is 265 g/mol. The summed E-state index contributed by atoms with van der Waals surface area (Å²) in [5, 5.41) is 13.0. The zero-order valence-corrected chi connectivity index (χ0v) is 11.8. The van der Waals surface area contributed by atoms with Gasteiger partial charge in [-0.2, -0.15) is 0 Å². The van der Waals surface area contributed by atoms with Gasteiger partial charge in [-0.3, -0.25) is 4.79 Å². The molecule has 1 aromatic carbocycles. The summed E-state index contributed by atoms with van der Waals surface area (Å²) in [5.74, 6) is 0.243. The van der Waals surface area contributed by atoms with Crippen LogP contribution in [0.5, 0.6) is 0 Å². The van der Waals surface area contributed by atoms with Crippen molar-refractivity contribution >= 4 is 5.97 Å². The van der Waals surface area contributed by atoms with Gasteiger partial charge in [0.25, 0.3) is 0 Å². The first-order valence-electron chi connectivity index (χ1n) is 6.60. The Morgan fingerprint density at radius 2 is 1.84 bits per heavy atom. The van der Waals surface area contributed by atoms with Crippen LogP contribution in [0.4, 0.5) is 0 Å². The van der Waals surface area contributed by atoms with Crippen molar-refractivity contribution in [1.29, 1.82) is 0 Å². The molecule has 0 fully saturated rings. The number of aliphatic hydroxyl groups is 1. The lowest BCUT2D eigenvalue weighted by Crippen LogP contribution is -2.24. The van der Waals surface area contributed by atoms with Crippen molar-refractivity contribution in [2.45, 2.75) is 32.3 Å². The third kappa shape index (κ3) is 5.41. The van der Waals surface area contributed by atoms with Gasteiger partial charge >= 0.3 is 5.97 Å². The Labute approximate surface area is 114 Å². The highest BCUT2D eigenvalue weighted by Crippen LogP contribution is 2.18. The van der Waals surface area contributed by atoms with Crippen LogP contribution in [0.1, 0.15) is 43.4 Å². The van der Waals surface area contributed by atoms with Gasteiger partial charge in [0.05, 0.1) is 19.6 Å². The number of aliphatic hydroxyl groups excluding tert-OH is 1. The van der Waals surface area contributed by atoms with Crippen molar-refractivity contribution < 1.29 is 14.6 Å². The van der Waals surface area contributed by atoms with E-state index in [9.17, 15) is 9.90 Å². The van der Waals surface area contributed by atoms with Crippen LogP contribution in [0.25, 0.3) is 0 Å². The molecule has 0 aliphatic heterocycles. The molecule has 1 rings (SSSR count). The van der Waals surface area contributed by atoms with Gasteiger partial charge in [-0.05, 0) is 17.0 Å². The highest BCUT2D eigenvalue weighted by Gasteiger charge is 2.08. The summed E-state index contributed by atoms with van der Waals surface area (Å²) >= 11 is 0. The Morgan fingerprint density at radius 1 is 1.26 bits per heavy atom. The summed E-state index contributed by atoms with van der Waals surface area (Å²) in [7, 11) is 1.37. The van der Waals surface area contributed by atoms with Crippen molar-refractivity contribution in [3.05, 3.63) is 35.4 Å². The van der Waals surface area contributed by atoms with Crippen molar-refractivity contribution in [3.8, 4) is 0 Å². The number of hydrogen-bond acceptors (Lipinski definition) is 4. The summed E-state index contributed by atoms with van der Waals surface area (Å²) in [5.41, 5.74) is 2.14. The molecule has 0 saturated carbocycles. The molecule has 1 unspecified atom stereocenters. The van der Waals surface area contributed by atoms with Crippen LogP contribution in [-0.2, 0) is 9.53 Å². The summed E-state index contributed by atoms with van der Waals surface area (Å²) in [6.07, 6.45) is -0.242. The van der Waals surface area contributed by atoms with Crippen LogP contribution < -0.4 is 5.32 Å². The molecule has 0 amide bonds. The van der Waals surface area contributed by atoms with E-state index in [1.54, 1.807) is 0 Å². The number of methoxy groups -OCH3 is 1. The molecule has 0 bridgehead atoms. The predicted octanol–water partition coefficient (Wildman–Crippen LogP) is 2.00. The van der Waals surface area contributed by atoms with Gasteiger partial charge in [0.2, 0.25) is 0 Å². The van der Waals surface area contributed by atoms with Crippen LogP contribution in [0.2, 0.25) is 0 Å². The summed E-state index contributed by atoms with van der Waals surface area (Å²) < 4.78 is 4.54. The van der Waals surface area contributed by atoms with Crippen LogP contribution in [-0.4, -0.2) is 31.3 Å². The molecule has 1 aromatic rings. The van der Waals surface area contributed by atoms with E-state index < -0.39 is 6.10 Å². The summed E-state index contributed by atoms with van der Waals surface area (Å²) in [4.78, 5) is 10.9. The largest absolute Gasteiger partial charge is 0.469 e. The first kappa shape index (κ1) is 15.7. The molecule has 106 valence electrons. The maximum absolute atomic E-state index is 10.9. The molecular weight excluding hydrogens is 242 g/mol. The van der Waals surface area contributed by atoms with E-state index in [4.69, 9.17) is 0 Å². The highest BCUT2D eigenvalue weighted by atomic mass is 16.5. The maximum Gasteiger partial charge on any atom is 0.306 e. The Bertz CT molecular complexity index is 387. The minimum atomic E-state index is -0.557. The molecule has 0 heterocycles. The van der Waals surface area contributed by atoms with Gasteiger partial charge in [0.1, 0.15) is 0 Å². The lowest BCUT2D eigenvalue weighted by molar-refractivity contribution is -0.140.